The fourth-order valence-electron chi connectivity index (χ4n) is 4.41. The molecule has 0 unspecified atom stereocenters. The third kappa shape index (κ3) is 5.59. The highest BCUT2D eigenvalue weighted by Gasteiger charge is 2.29. The summed E-state index contributed by atoms with van der Waals surface area (Å²) in [5.41, 5.74) is 2.73. The SMILES string of the molecule is CC(C)(Oc1ccc(CCCN(Cc2cccc3ccccc23)c2nc3ccccc3o2)cc1)C(=O)O. The maximum absolute atomic E-state index is 11.3. The Morgan fingerprint density at radius 3 is 2.46 bits per heavy atom. The number of rotatable bonds is 10. The zero-order valence-corrected chi connectivity index (χ0v) is 21.1. The van der Waals surface area contributed by atoms with Gasteiger partial charge in [0, 0.05) is 13.1 Å². The van der Waals surface area contributed by atoms with Gasteiger partial charge in [0.1, 0.15) is 11.3 Å². The molecule has 6 heteroatoms. The number of ether oxygens (including phenoxy) is 1. The van der Waals surface area contributed by atoms with E-state index >= 15 is 0 Å². The van der Waals surface area contributed by atoms with Crippen LogP contribution in [0.15, 0.2) is 95.4 Å². The van der Waals surface area contributed by atoms with E-state index < -0.39 is 11.6 Å². The Balaban J connectivity index is 1.32. The second-order valence-corrected chi connectivity index (χ2v) is 9.69. The van der Waals surface area contributed by atoms with Crippen LogP contribution in [-0.4, -0.2) is 28.2 Å². The standard InChI is InChI=1S/C31H30N2O4/c1-31(2,29(34)35)37-25-18-16-22(17-19-25)9-8-20-33(30-32-27-14-5-6-15-28(27)36-30)21-24-12-7-11-23-10-3-4-13-26(23)24/h3-7,10-19H,8-9,20-21H2,1-2H3,(H,34,35). The van der Waals surface area contributed by atoms with Gasteiger partial charge in [0.05, 0.1) is 0 Å². The van der Waals surface area contributed by atoms with Gasteiger partial charge in [-0.3, -0.25) is 0 Å². The normalized spacial score (nSPS) is 11.6. The molecule has 6 nitrogen and oxygen atoms in total. The van der Waals surface area contributed by atoms with Crippen molar-refractivity contribution in [3.05, 3.63) is 102 Å². The smallest absolute Gasteiger partial charge is 0.347 e. The van der Waals surface area contributed by atoms with Gasteiger partial charge >= 0.3 is 5.97 Å². The number of hydrogen-bond acceptors (Lipinski definition) is 5. The maximum Gasteiger partial charge on any atom is 0.347 e. The first-order chi connectivity index (χ1) is 17.9. The quantitative estimate of drug-likeness (QED) is 0.229. The Labute approximate surface area is 216 Å². The summed E-state index contributed by atoms with van der Waals surface area (Å²) in [6.45, 7) is 4.53. The van der Waals surface area contributed by atoms with Crippen LogP contribution in [0.2, 0.25) is 0 Å². The molecule has 188 valence electrons. The average Bonchev–Trinajstić information content (AvgIpc) is 3.33. The molecule has 1 N–H and O–H groups in total. The molecule has 0 atom stereocenters. The first-order valence-corrected chi connectivity index (χ1v) is 12.5. The molecule has 0 fully saturated rings. The Morgan fingerprint density at radius 1 is 0.946 bits per heavy atom. The van der Waals surface area contributed by atoms with Crippen molar-refractivity contribution in [2.75, 3.05) is 11.4 Å². The molecule has 5 aromatic rings. The molecule has 0 amide bonds. The monoisotopic (exact) mass is 494 g/mol. The van der Waals surface area contributed by atoms with Gasteiger partial charge < -0.3 is 19.2 Å². The van der Waals surface area contributed by atoms with Crippen LogP contribution < -0.4 is 9.64 Å². The molecule has 4 aromatic carbocycles. The maximum atomic E-state index is 11.3. The molecule has 0 saturated heterocycles. The van der Waals surface area contributed by atoms with Crippen molar-refractivity contribution in [3.8, 4) is 5.75 Å². The number of carboxylic acids is 1. The fraction of sp³-hybridized carbons (Fsp3) is 0.226. The van der Waals surface area contributed by atoms with Gasteiger partial charge in [0.15, 0.2) is 11.2 Å². The van der Waals surface area contributed by atoms with E-state index in [0.717, 1.165) is 36.0 Å². The molecule has 1 aromatic heterocycles. The van der Waals surface area contributed by atoms with Crippen molar-refractivity contribution >= 4 is 33.9 Å². The Bertz CT molecular complexity index is 1480. The third-order valence-corrected chi connectivity index (χ3v) is 6.50. The highest BCUT2D eigenvalue weighted by molar-refractivity contribution is 5.86. The van der Waals surface area contributed by atoms with Crippen LogP contribution >= 0.6 is 0 Å². The predicted octanol–water partition coefficient (Wildman–Crippen LogP) is 6.86. The lowest BCUT2D eigenvalue weighted by atomic mass is 10.0. The van der Waals surface area contributed by atoms with Crippen molar-refractivity contribution in [3.63, 3.8) is 0 Å². The molecule has 0 aliphatic rings. The lowest BCUT2D eigenvalue weighted by Gasteiger charge is -2.22. The van der Waals surface area contributed by atoms with Gasteiger partial charge in [-0.25, -0.2) is 4.79 Å². The summed E-state index contributed by atoms with van der Waals surface area (Å²) >= 11 is 0. The number of aryl methyl sites for hydroxylation is 1. The van der Waals surface area contributed by atoms with E-state index in [4.69, 9.17) is 14.1 Å². The number of carboxylic acid groups (broad SMARTS) is 1. The van der Waals surface area contributed by atoms with Crippen LogP contribution in [0.3, 0.4) is 0 Å². The van der Waals surface area contributed by atoms with Crippen molar-refractivity contribution in [2.45, 2.75) is 38.8 Å². The number of hydrogen-bond donors (Lipinski definition) is 1. The number of aromatic nitrogens is 1. The first kappa shape index (κ1) is 24.4. The number of aliphatic carboxylic acids is 1. The topological polar surface area (TPSA) is 75.8 Å². The molecule has 5 rings (SSSR count). The fourth-order valence-corrected chi connectivity index (χ4v) is 4.41. The van der Waals surface area contributed by atoms with Crippen molar-refractivity contribution in [2.24, 2.45) is 0 Å². The van der Waals surface area contributed by atoms with Crippen LogP contribution in [0.1, 0.15) is 31.4 Å². The van der Waals surface area contributed by atoms with Crippen molar-refractivity contribution in [1.29, 1.82) is 0 Å². The zero-order chi connectivity index (χ0) is 25.8. The number of oxazole rings is 1. The lowest BCUT2D eigenvalue weighted by Crippen LogP contribution is -2.37. The molecule has 0 aliphatic heterocycles. The van der Waals surface area contributed by atoms with E-state index in [1.165, 1.54) is 16.3 Å². The lowest BCUT2D eigenvalue weighted by molar-refractivity contribution is -0.152. The predicted molar refractivity (Wildman–Crippen MR) is 146 cm³/mol. The van der Waals surface area contributed by atoms with E-state index in [9.17, 15) is 9.90 Å². The minimum absolute atomic E-state index is 0.542. The van der Waals surface area contributed by atoms with Crippen LogP contribution in [-0.2, 0) is 17.8 Å². The molecular weight excluding hydrogens is 464 g/mol. The second-order valence-electron chi connectivity index (χ2n) is 9.69. The Hall–Kier alpha value is -4.32. The van der Waals surface area contributed by atoms with Gasteiger partial charge in [-0.1, -0.05) is 66.7 Å². The molecule has 0 aliphatic carbocycles. The molecule has 0 spiro atoms. The summed E-state index contributed by atoms with van der Waals surface area (Å²) in [5, 5.41) is 11.7. The summed E-state index contributed by atoms with van der Waals surface area (Å²) < 4.78 is 11.8. The average molecular weight is 495 g/mol. The van der Waals surface area contributed by atoms with Crippen LogP contribution in [0.5, 0.6) is 5.75 Å². The number of nitrogens with zero attached hydrogens (tertiary/aromatic N) is 2. The van der Waals surface area contributed by atoms with Crippen LogP contribution in [0, 0.1) is 0 Å². The molecule has 0 radical (unpaired) electrons. The van der Waals surface area contributed by atoms with E-state index in [-0.39, 0.29) is 0 Å². The Kier molecular flexibility index (Phi) is 6.82. The van der Waals surface area contributed by atoms with Crippen molar-refractivity contribution < 1.29 is 19.1 Å². The zero-order valence-electron chi connectivity index (χ0n) is 21.1. The molecular formula is C31H30N2O4. The van der Waals surface area contributed by atoms with Gasteiger partial charge in [-0.05, 0) is 72.9 Å². The molecule has 0 bridgehead atoms. The van der Waals surface area contributed by atoms with Gasteiger partial charge in [0.25, 0.3) is 6.01 Å². The third-order valence-electron chi connectivity index (χ3n) is 6.50. The van der Waals surface area contributed by atoms with Crippen molar-refractivity contribution in [1.82, 2.24) is 4.98 Å². The summed E-state index contributed by atoms with van der Waals surface area (Å²) in [5.74, 6) is -0.456. The Morgan fingerprint density at radius 2 is 1.68 bits per heavy atom. The number of benzene rings is 4. The number of carbonyl (C=O) groups is 1. The molecule has 37 heavy (non-hydrogen) atoms. The van der Waals surface area contributed by atoms with Crippen LogP contribution in [0.4, 0.5) is 6.01 Å². The highest BCUT2D eigenvalue weighted by atomic mass is 16.5. The summed E-state index contributed by atoms with van der Waals surface area (Å²) in [4.78, 5) is 18.3. The summed E-state index contributed by atoms with van der Waals surface area (Å²) in [6, 6.07) is 30.9. The highest BCUT2D eigenvalue weighted by Crippen LogP contribution is 2.27. The minimum Gasteiger partial charge on any atom is -0.478 e. The van der Waals surface area contributed by atoms with Gasteiger partial charge in [-0.2, -0.15) is 4.98 Å². The number of para-hydroxylation sites is 2. The summed E-state index contributed by atoms with van der Waals surface area (Å²) in [7, 11) is 0. The first-order valence-electron chi connectivity index (χ1n) is 12.5. The largest absolute Gasteiger partial charge is 0.478 e. The minimum atomic E-state index is -1.27. The second kappa shape index (κ2) is 10.3. The van der Waals surface area contributed by atoms with Crippen LogP contribution in [0.25, 0.3) is 21.9 Å². The number of anilines is 1. The van der Waals surface area contributed by atoms with E-state index in [1.807, 2.05) is 48.5 Å². The van der Waals surface area contributed by atoms with E-state index in [0.29, 0.717) is 18.3 Å². The number of fused-ring (bicyclic) bond motifs is 2. The molecule has 1 heterocycles. The van der Waals surface area contributed by atoms with E-state index in [2.05, 4.69) is 47.4 Å². The van der Waals surface area contributed by atoms with Gasteiger partial charge in [0.2, 0.25) is 0 Å². The van der Waals surface area contributed by atoms with E-state index in [1.54, 1.807) is 13.8 Å². The molecule has 0 saturated carbocycles. The van der Waals surface area contributed by atoms with Gasteiger partial charge in [-0.15, -0.1) is 0 Å². The summed E-state index contributed by atoms with van der Waals surface area (Å²) in [6.07, 6.45) is 1.75.